The summed E-state index contributed by atoms with van der Waals surface area (Å²) in [4.78, 5) is 38.0. The number of carboxylic acid groups (broad SMARTS) is 1. The van der Waals surface area contributed by atoms with Crippen LogP contribution in [-0.2, 0) is 9.53 Å². The minimum atomic E-state index is -0.912. The van der Waals surface area contributed by atoms with Gasteiger partial charge in [0, 0.05) is 42.9 Å². The zero-order valence-corrected chi connectivity index (χ0v) is 15.5. The Morgan fingerprint density at radius 1 is 1.26 bits per heavy atom. The number of amides is 3. The summed E-state index contributed by atoms with van der Waals surface area (Å²) < 4.78 is 5.43. The van der Waals surface area contributed by atoms with Crippen molar-refractivity contribution in [2.75, 3.05) is 31.6 Å². The zero-order chi connectivity index (χ0) is 19.6. The van der Waals surface area contributed by atoms with E-state index in [2.05, 4.69) is 10.6 Å². The van der Waals surface area contributed by atoms with Gasteiger partial charge in [-0.25, -0.2) is 4.79 Å². The van der Waals surface area contributed by atoms with Crippen LogP contribution in [0.4, 0.5) is 10.5 Å². The Hall–Kier alpha value is -2.61. The van der Waals surface area contributed by atoms with Gasteiger partial charge in [-0.15, -0.1) is 0 Å². The van der Waals surface area contributed by atoms with E-state index in [4.69, 9.17) is 4.74 Å². The van der Waals surface area contributed by atoms with E-state index in [1.807, 2.05) is 13.8 Å². The van der Waals surface area contributed by atoms with Crippen LogP contribution in [-0.4, -0.2) is 60.3 Å². The third-order valence-corrected chi connectivity index (χ3v) is 5.23. The van der Waals surface area contributed by atoms with E-state index in [1.165, 1.54) is 0 Å². The molecule has 27 heavy (non-hydrogen) atoms. The summed E-state index contributed by atoms with van der Waals surface area (Å²) in [5.41, 5.74) is 0.129. The number of nitrogens with one attached hydrogen (secondary N) is 2. The van der Waals surface area contributed by atoms with Crippen LogP contribution >= 0.6 is 0 Å². The number of benzene rings is 1. The fourth-order valence-electron chi connectivity index (χ4n) is 3.76. The molecule has 3 N–H and O–H groups in total. The van der Waals surface area contributed by atoms with Gasteiger partial charge in [0.25, 0.3) is 5.91 Å². The largest absolute Gasteiger partial charge is 0.481 e. The second kappa shape index (κ2) is 7.56. The van der Waals surface area contributed by atoms with E-state index in [0.29, 0.717) is 37.4 Å². The second-order valence-electron chi connectivity index (χ2n) is 7.50. The number of hydrogen-bond acceptors (Lipinski definition) is 4. The number of fused-ring (bicyclic) bond motifs is 1. The van der Waals surface area contributed by atoms with Crippen LogP contribution in [0, 0.1) is 11.3 Å². The van der Waals surface area contributed by atoms with Crippen LogP contribution in [0.25, 0.3) is 0 Å². The fraction of sp³-hybridized carbons (Fsp3) is 0.526. The number of anilines is 1. The van der Waals surface area contributed by atoms with E-state index in [9.17, 15) is 19.5 Å². The topological polar surface area (TPSA) is 108 Å². The predicted molar refractivity (Wildman–Crippen MR) is 98.6 cm³/mol. The van der Waals surface area contributed by atoms with Gasteiger partial charge in [0.1, 0.15) is 0 Å². The van der Waals surface area contributed by atoms with Crippen molar-refractivity contribution < 1.29 is 24.2 Å². The lowest BCUT2D eigenvalue weighted by Gasteiger charge is -2.33. The molecule has 0 radical (unpaired) electrons. The lowest BCUT2D eigenvalue weighted by Crippen LogP contribution is -2.45. The van der Waals surface area contributed by atoms with Gasteiger partial charge in [0.15, 0.2) is 0 Å². The molecule has 1 aromatic rings. The first-order valence-electron chi connectivity index (χ1n) is 9.10. The van der Waals surface area contributed by atoms with Gasteiger partial charge in [-0.1, -0.05) is 0 Å². The molecule has 0 spiro atoms. The molecular weight excluding hydrogens is 350 g/mol. The van der Waals surface area contributed by atoms with E-state index < -0.39 is 11.4 Å². The van der Waals surface area contributed by atoms with Gasteiger partial charge >= 0.3 is 12.0 Å². The SMILES string of the molecule is CC(C)NC(=O)Nc1ccc(C(=O)N2C[C@H]3COCC[C@@]3(C(=O)O)C2)cc1. The van der Waals surface area contributed by atoms with Crippen LogP contribution in [0.2, 0.25) is 0 Å². The van der Waals surface area contributed by atoms with Crippen LogP contribution < -0.4 is 10.6 Å². The molecule has 0 unspecified atom stereocenters. The van der Waals surface area contributed by atoms with E-state index in [0.717, 1.165) is 0 Å². The fourth-order valence-corrected chi connectivity index (χ4v) is 3.76. The third kappa shape index (κ3) is 3.90. The molecule has 2 saturated heterocycles. The summed E-state index contributed by atoms with van der Waals surface area (Å²) in [5.74, 6) is -1.25. The smallest absolute Gasteiger partial charge is 0.319 e. The van der Waals surface area contributed by atoms with Gasteiger partial charge in [0.2, 0.25) is 0 Å². The number of carboxylic acids is 1. The highest BCUT2D eigenvalue weighted by molar-refractivity contribution is 5.96. The minimum absolute atomic E-state index is 0.0232. The summed E-state index contributed by atoms with van der Waals surface area (Å²) in [5, 5.41) is 15.1. The Labute approximate surface area is 157 Å². The number of urea groups is 1. The second-order valence-corrected chi connectivity index (χ2v) is 7.50. The quantitative estimate of drug-likeness (QED) is 0.743. The summed E-state index contributed by atoms with van der Waals surface area (Å²) in [7, 11) is 0. The van der Waals surface area contributed by atoms with Crippen molar-refractivity contribution in [1.29, 1.82) is 0 Å². The molecule has 8 heteroatoms. The number of likely N-dealkylation sites (tertiary alicyclic amines) is 1. The zero-order valence-electron chi connectivity index (χ0n) is 15.5. The number of hydrogen-bond donors (Lipinski definition) is 3. The maximum atomic E-state index is 12.8. The molecule has 2 aliphatic rings. The molecule has 2 heterocycles. The lowest BCUT2D eigenvalue weighted by atomic mass is 9.74. The first-order chi connectivity index (χ1) is 12.8. The van der Waals surface area contributed by atoms with E-state index in [1.54, 1.807) is 29.2 Å². The Morgan fingerprint density at radius 2 is 1.96 bits per heavy atom. The highest BCUT2D eigenvalue weighted by atomic mass is 16.5. The summed E-state index contributed by atoms with van der Waals surface area (Å²) in [6, 6.07) is 6.31. The molecule has 8 nitrogen and oxygen atoms in total. The van der Waals surface area contributed by atoms with Crippen LogP contribution in [0.5, 0.6) is 0 Å². The van der Waals surface area contributed by atoms with E-state index in [-0.39, 0.29) is 30.4 Å². The number of nitrogens with zero attached hydrogens (tertiary/aromatic N) is 1. The molecule has 3 rings (SSSR count). The standard InChI is InChI=1S/C19H25N3O5/c1-12(2)20-18(26)21-15-5-3-13(4-6-15)16(23)22-9-14-10-27-8-7-19(14,11-22)17(24)25/h3-6,12,14H,7-11H2,1-2H3,(H,24,25)(H2,20,21,26)/t14-,19+/m0/s1. The van der Waals surface area contributed by atoms with Crippen molar-refractivity contribution in [3.63, 3.8) is 0 Å². The third-order valence-electron chi connectivity index (χ3n) is 5.23. The maximum Gasteiger partial charge on any atom is 0.319 e. The number of aliphatic carboxylic acids is 1. The summed E-state index contributed by atoms with van der Waals surface area (Å²) in [6.45, 7) is 5.08. The van der Waals surface area contributed by atoms with Gasteiger partial charge in [-0.2, -0.15) is 0 Å². The molecule has 3 amide bonds. The summed E-state index contributed by atoms with van der Waals surface area (Å²) >= 11 is 0. The monoisotopic (exact) mass is 375 g/mol. The van der Waals surface area contributed by atoms with Crippen molar-refractivity contribution >= 4 is 23.6 Å². The first-order valence-corrected chi connectivity index (χ1v) is 9.10. The normalized spacial score (nSPS) is 24.4. The minimum Gasteiger partial charge on any atom is -0.481 e. The predicted octanol–water partition coefficient (Wildman–Crippen LogP) is 1.78. The van der Waals surface area contributed by atoms with Crippen LogP contribution in [0.1, 0.15) is 30.6 Å². The average Bonchev–Trinajstić information content (AvgIpc) is 3.02. The molecule has 0 aliphatic carbocycles. The Balaban J connectivity index is 1.68. The maximum absolute atomic E-state index is 12.8. The van der Waals surface area contributed by atoms with Gasteiger partial charge < -0.3 is 25.4 Å². The Bertz CT molecular complexity index is 733. The van der Waals surface area contributed by atoms with E-state index >= 15 is 0 Å². The number of ether oxygens (including phenoxy) is 1. The Kier molecular flexibility index (Phi) is 5.36. The van der Waals surface area contributed by atoms with Crippen molar-refractivity contribution in [3.05, 3.63) is 29.8 Å². The van der Waals surface area contributed by atoms with Crippen LogP contribution in [0.15, 0.2) is 24.3 Å². The highest BCUT2D eigenvalue weighted by Crippen LogP contribution is 2.42. The van der Waals surface area contributed by atoms with Gasteiger partial charge in [0.05, 0.1) is 12.0 Å². The molecule has 1 aromatic carbocycles. The average molecular weight is 375 g/mol. The van der Waals surface area contributed by atoms with Crippen molar-refractivity contribution in [1.82, 2.24) is 10.2 Å². The first kappa shape index (κ1) is 19.2. The molecule has 146 valence electrons. The van der Waals surface area contributed by atoms with Crippen LogP contribution in [0.3, 0.4) is 0 Å². The Morgan fingerprint density at radius 3 is 2.56 bits per heavy atom. The van der Waals surface area contributed by atoms with Gasteiger partial charge in [-0.3, -0.25) is 9.59 Å². The lowest BCUT2D eigenvalue weighted by molar-refractivity contribution is -0.157. The molecule has 0 saturated carbocycles. The molecule has 0 bridgehead atoms. The van der Waals surface area contributed by atoms with Crippen molar-refractivity contribution in [2.45, 2.75) is 26.3 Å². The number of carbonyl (C=O) groups is 3. The molecule has 2 atom stereocenters. The van der Waals surface area contributed by atoms with Gasteiger partial charge in [-0.05, 0) is 44.5 Å². The van der Waals surface area contributed by atoms with Crippen molar-refractivity contribution in [3.8, 4) is 0 Å². The molecule has 2 aliphatic heterocycles. The number of carbonyl (C=O) groups excluding carboxylic acids is 2. The molecule has 0 aromatic heterocycles. The molecular formula is C19H25N3O5. The molecule has 2 fully saturated rings. The highest BCUT2D eigenvalue weighted by Gasteiger charge is 2.54. The van der Waals surface area contributed by atoms with Crippen molar-refractivity contribution in [2.24, 2.45) is 11.3 Å². The number of rotatable bonds is 4. The summed E-state index contributed by atoms with van der Waals surface area (Å²) in [6.07, 6.45) is 0.421.